The first kappa shape index (κ1) is 22.4. The van der Waals surface area contributed by atoms with Gasteiger partial charge >= 0.3 is 12.0 Å². The number of hydrogen-bond donors (Lipinski definition) is 2. The lowest BCUT2D eigenvalue weighted by Crippen LogP contribution is -2.41. The Kier molecular flexibility index (Phi) is 8.66. The third-order valence-electron chi connectivity index (χ3n) is 3.93. The Balaban J connectivity index is 1.89. The maximum Gasteiger partial charge on any atom is 0.341 e. The van der Waals surface area contributed by atoms with E-state index >= 15 is 0 Å². The summed E-state index contributed by atoms with van der Waals surface area (Å²) in [7, 11) is 0. The molecule has 0 radical (unpaired) electrons. The third kappa shape index (κ3) is 6.90. The number of nitrogens with one attached hydrogen (secondary N) is 2. The van der Waals surface area contributed by atoms with Gasteiger partial charge in [-0.2, -0.15) is 0 Å². The first-order chi connectivity index (χ1) is 13.9. The molecule has 29 heavy (non-hydrogen) atoms. The highest BCUT2D eigenvalue weighted by atomic mass is 32.2. The number of unbranched alkanes of at least 4 members (excludes halogenated alkanes) is 1. The van der Waals surface area contributed by atoms with Gasteiger partial charge in [-0.05, 0) is 32.4 Å². The van der Waals surface area contributed by atoms with Gasteiger partial charge in [0.15, 0.2) is 6.61 Å². The van der Waals surface area contributed by atoms with Gasteiger partial charge in [-0.25, -0.2) is 14.6 Å². The van der Waals surface area contributed by atoms with Crippen LogP contribution in [0.25, 0.3) is 0 Å². The highest BCUT2D eigenvalue weighted by molar-refractivity contribution is 7.98. The van der Waals surface area contributed by atoms with Gasteiger partial charge in [-0.1, -0.05) is 18.5 Å². The zero-order chi connectivity index (χ0) is 21.2. The number of aromatic nitrogens is 2. The number of aryl methyl sites for hydroxylation is 2. The van der Waals surface area contributed by atoms with E-state index in [0.29, 0.717) is 23.1 Å². The quantitative estimate of drug-likeness (QED) is 0.361. The molecule has 3 amide bonds. The van der Waals surface area contributed by atoms with Crippen LogP contribution in [0.3, 0.4) is 0 Å². The van der Waals surface area contributed by atoms with Crippen LogP contribution in [-0.4, -0.2) is 41.2 Å². The van der Waals surface area contributed by atoms with Crippen molar-refractivity contribution in [2.24, 2.45) is 0 Å². The van der Waals surface area contributed by atoms with E-state index in [4.69, 9.17) is 9.26 Å². The highest BCUT2D eigenvalue weighted by Gasteiger charge is 2.18. The number of hydrogen-bond acceptors (Lipinski definition) is 8. The van der Waals surface area contributed by atoms with Gasteiger partial charge in [0.2, 0.25) is 0 Å². The molecule has 2 rings (SSSR count). The van der Waals surface area contributed by atoms with Crippen molar-refractivity contribution in [3.63, 3.8) is 0 Å². The summed E-state index contributed by atoms with van der Waals surface area (Å²) in [4.78, 5) is 39.9. The van der Waals surface area contributed by atoms with Crippen molar-refractivity contribution in [3.8, 4) is 0 Å². The molecule has 0 atom stereocenters. The number of urea groups is 1. The van der Waals surface area contributed by atoms with E-state index in [0.717, 1.165) is 24.1 Å². The maximum absolute atomic E-state index is 12.4. The second-order valence-electron chi connectivity index (χ2n) is 6.18. The molecule has 0 aliphatic carbocycles. The smallest absolute Gasteiger partial charge is 0.341 e. The molecule has 0 fully saturated rings. The zero-order valence-electron chi connectivity index (χ0n) is 16.6. The van der Waals surface area contributed by atoms with Crippen molar-refractivity contribution >= 4 is 29.7 Å². The fourth-order valence-corrected chi connectivity index (χ4v) is 3.44. The topological polar surface area (TPSA) is 123 Å². The molecule has 0 unspecified atom stereocenters. The Morgan fingerprint density at radius 2 is 2.07 bits per heavy atom. The van der Waals surface area contributed by atoms with Crippen LogP contribution in [0.4, 0.5) is 4.79 Å². The van der Waals surface area contributed by atoms with E-state index in [-0.39, 0.29) is 5.56 Å². The van der Waals surface area contributed by atoms with Gasteiger partial charge in [0.05, 0.1) is 11.3 Å². The zero-order valence-corrected chi connectivity index (χ0v) is 17.4. The molecule has 0 saturated carbocycles. The van der Waals surface area contributed by atoms with E-state index in [1.807, 2.05) is 20.8 Å². The number of esters is 1. The van der Waals surface area contributed by atoms with Crippen molar-refractivity contribution < 1.29 is 23.6 Å². The van der Waals surface area contributed by atoms with Crippen molar-refractivity contribution in [2.75, 3.05) is 13.2 Å². The standard InChI is InChI=1S/C19H24N4O5S/c1-4-5-8-21-19(26)22-16(24)10-27-18(25)14-7-6-9-20-17(14)29-11-15-12(2)23-28-13(15)3/h6-7,9H,4-5,8,10-11H2,1-3H3,(H2,21,22,24,26). The van der Waals surface area contributed by atoms with Crippen LogP contribution < -0.4 is 10.6 Å². The van der Waals surface area contributed by atoms with Gasteiger partial charge in [-0.3, -0.25) is 10.1 Å². The molecule has 0 aliphatic rings. The first-order valence-corrected chi connectivity index (χ1v) is 10.1. The van der Waals surface area contributed by atoms with E-state index in [1.54, 1.807) is 18.3 Å². The van der Waals surface area contributed by atoms with Gasteiger partial charge in [0.1, 0.15) is 10.8 Å². The van der Waals surface area contributed by atoms with Gasteiger partial charge < -0.3 is 14.6 Å². The monoisotopic (exact) mass is 420 g/mol. The number of carbonyl (C=O) groups excluding carboxylic acids is 3. The van der Waals surface area contributed by atoms with E-state index in [1.165, 1.54) is 11.8 Å². The molecular formula is C19H24N4O5S. The second-order valence-corrected chi connectivity index (χ2v) is 7.15. The molecule has 0 saturated heterocycles. The predicted octanol–water partition coefficient (Wildman–Crippen LogP) is 2.76. The molecular weight excluding hydrogens is 396 g/mol. The third-order valence-corrected chi connectivity index (χ3v) is 4.96. The Hall–Kier alpha value is -2.88. The Labute approximate surface area is 173 Å². The average molecular weight is 420 g/mol. The van der Waals surface area contributed by atoms with Crippen LogP contribution in [0.5, 0.6) is 0 Å². The maximum atomic E-state index is 12.4. The minimum atomic E-state index is -0.707. The summed E-state index contributed by atoms with van der Waals surface area (Å²) >= 11 is 1.34. The van der Waals surface area contributed by atoms with E-state index < -0.39 is 24.5 Å². The molecule has 10 heteroatoms. The summed E-state index contributed by atoms with van der Waals surface area (Å²) < 4.78 is 10.2. The first-order valence-electron chi connectivity index (χ1n) is 9.16. The number of nitrogens with zero attached hydrogens (tertiary/aromatic N) is 2. The fourth-order valence-electron chi connectivity index (χ4n) is 2.30. The Morgan fingerprint density at radius 1 is 1.28 bits per heavy atom. The number of carbonyl (C=O) groups is 3. The van der Waals surface area contributed by atoms with Crippen LogP contribution in [0.1, 0.15) is 47.1 Å². The number of imide groups is 1. The van der Waals surface area contributed by atoms with Crippen molar-refractivity contribution in [1.29, 1.82) is 0 Å². The van der Waals surface area contributed by atoms with Crippen molar-refractivity contribution in [2.45, 2.75) is 44.4 Å². The number of thioether (sulfide) groups is 1. The van der Waals surface area contributed by atoms with Gasteiger partial charge in [0, 0.05) is 24.1 Å². The lowest BCUT2D eigenvalue weighted by atomic mass is 10.2. The molecule has 0 bridgehead atoms. The van der Waals surface area contributed by atoms with Crippen LogP contribution in [-0.2, 0) is 15.3 Å². The summed E-state index contributed by atoms with van der Waals surface area (Å²) in [6, 6.07) is 2.56. The molecule has 2 N–H and O–H groups in total. The number of pyridine rings is 1. The van der Waals surface area contributed by atoms with E-state index in [2.05, 4.69) is 20.8 Å². The number of ether oxygens (including phenoxy) is 1. The van der Waals surface area contributed by atoms with Crippen LogP contribution in [0.2, 0.25) is 0 Å². The predicted molar refractivity (Wildman–Crippen MR) is 107 cm³/mol. The number of amides is 3. The fraction of sp³-hybridized carbons (Fsp3) is 0.421. The normalized spacial score (nSPS) is 10.4. The summed E-state index contributed by atoms with van der Waals surface area (Å²) in [5, 5.41) is 9.03. The van der Waals surface area contributed by atoms with Crippen molar-refractivity contribution in [3.05, 3.63) is 40.9 Å². The lowest BCUT2D eigenvalue weighted by Gasteiger charge is -2.09. The van der Waals surface area contributed by atoms with Gasteiger partial charge in [0.25, 0.3) is 5.91 Å². The van der Waals surface area contributed by atoms with Crippen LogP contribution >= 0.6 is 11.8 Å². The molecule has 0 aliphatic heterocycles. The molecule has 9 nitrogen and oxygen atoms in total. The minimum Gasteiger partial charge on any atom is -0.452 e. The summed E-state index contributed by atoms with van der Waals surface area (Å²) in [5.41, 5.74) is 1.96. The molecule has 0 aromatic carbocycles. The Bertz CT molecular complexity index is 849. The average Bonchev–Trinajstić information content (AvgIpc) is 3.02. The molecule has 156 valence electrons. The number of rotatable bonds is 9. The summed E-state index contributed by atoms with van der Waals surface area (Å²) in [5.74, 6) is -0.164. The minimum absolute atomic E-state index is 0.240. The van der Waals surface area contributed by atoms with Crippen LogP contribution in [0, 0.1) is 13.8 Å². The lowest BCUT2D eigenvalue weighted by molar-refractivity contribution is -0.123. The second kappa shape index (κ2) is 11.2. The SMILES string of the molecule is CCCCNC(=O)NC(=O)COC(=O)c1cccnc1SCc1c(C)noc1C. The summed E-state index contributed by atoms with van der Waals surface area (Å²) in [6.45, 7) is 5.56. The molecule has 2 aromatic heterocycles. The molecule has 0 spiro atoms. The largest absolute Gasteiger partial charge is 0.452 e. The highest BCUT2D eigenvalue weighted by Crippen LogP contribution is 2.27. The van der Waals surface area contributed by atoms with E-state index in [9.17, 15) is 14.4 Å². The molecule has 2 aromatic rings. The summed E-state index contributed by atoms with van der Waals surface area (Å²) in [6.07, 6.45) is 3.30. The molecule has 2 heterocycles. The van der Waals surface area contributed by atoms with Crippen LogP contribution in [0.15, 0.2) is 27.9 Å². The van der Waals surface area contributed by atoms with Gasteiger partial charge in [-0.15, -0.1) is 11.8 Å². The Morgan fingerprint density at radius 3 is 2.76 bits per heavy atom. The van der Waals surface area contributed by atoms with Crippen molar-refractivity contribution in [1.82, 2.24) is 20.8 Å².